The predicted molar refractivity (Wildman–Crippen MR) is 61.0 cm³/mol. The Bertz CT molecular complexity index is 166. The molecule has 73 valence electrons. The van der Waals surface area contributed by atoms with Gasteiger partial charge in [-0.05, 0) is 0 Å². The molecule has 13 heavy (non-hydrogen) atoms. The molecule has 4 heteroatoms. The summed E-state index contributed by atoms with van der Waals surface area (Å²) in [5, 5.41) is 18.4. The van der Waals surface area contributed by atoms with E-state index in [1.54, 1.807) is 6.08 Å². The molecule has 0 aromatic carbocycles. The Morgan fingerprint density at radius 3 is 1.62 bits per heavy atom. The van der Waals surface area contributed by atoms with Crippen LogP contribution in [0.1, 0.15) is 0 Å². The second-order valence-corrected chi connectivity index (χ2v) is 4.59. The topological polar surface area (TPSA) is 40.5 Å². The van der Waals surface area contributed by atoms with Crippen molar-refractivity contribution in [2.75, 3.05) is 0 Å². The zero-order valence-corrected chi connectivity index (χ0v) is 8.85. The van der Waals surface area contributed by atoms with E-state index in [2.05, 4.69) is 19.7 Å². The van der Waals surface area contributed by atoms with E-state index in [0.717, 1.165) is 4.58 Å². The summed E-state index contributed by atoms with van der Waals surface area (Å²) in [6.07, 6.45) is 4.40. The third-order valence-corrected chi connectivity index (χ3v) is 3.29. The first-order valence-corrected chi connectivity index (χ1v) is 5.34. The van der Waals surface area contributed by atoms with Crippen LogP contribution in [0.4, 0.5) is 0 Å². The van der Waals surface area contributed by atoms with Gasteiger partial charge >= 0.3 is 0 Å². The molecule has 0 aromatic heterocycles. The highest BCUT2D eigenvalue weighted by molar-refractivity contribution is 8.21. The molecular formula is C9H13O2S2. The van der Waals surface area contributed by atoms with Gasteiger partial charge in [0.15, 0.2) is 0 Å². The van der Waals surface area contributed by atoms with Gasteiger partial charge in [0.05, 0.1) is 0 Å². The van der Waals surface area contributed by atoms with E-state index in [4.69, 9.17) is 0 Å². The molecule has 0 aromatic rings. The third kappa shape index (κ3) is 5.99. The van der Waals surface area contributed by atoms with Crippen LogP contribution < -0.4 is 0 Å². The van der Waals surface area contributed by atoms with E-state index in [0.29, 0.717) is 0 Å². The smallest absolute Gasteiger partial charge is 0.119 e. The quantitative estimate of drug-likeness (QED) is 0.506. The average Bonchev–Trinajstić information content (AvgIpc) is 2.16. The number of thioether (sulfide) groups is 2. The molecule has 2 atom stereocenters. The van der Waals surface area contributed by atoms with Crippen LogP contribution in [0.25, 0.3) is 0 Å². The third-order valence-electron chi connectivity index (χ3n) is 1.04. The first kappa shape index (κ1) is 12.8. The van der Waals surface area contributed by atoms with Gasteiger partial charge in [0.25, 0.3) is 0 Å². The Hall–Kier alpha value is -0.160. The highest BCUT2D eigenvalue weighted by Gasteiger charge is 2.14. The minimum absolute atomic E-state index is 0.669. The maximum atomic E-state index is 9.20. The number of hydrogen-bond acceptors (Lipinski definition) is 4. The fourth-order valence-corrected chi connectivity index (χ4v) is 2.13. The molecule has 0 heterocycles. The predicted octanol–water partition coefficient (Wildman–Crippen LogP) is 2.14. The number of hydrogen-bond donors (Lipinski definition) is 2. The molecule has 0 spiro atoms. The van der Waals surface area contributed by atoms with Crippen molar-refractivity contribution in [3.63, 3.8) is 0 Å². The molecule has 0 fully saturated rings. The van der Waals surface area contributed by atoms with E-state index in [1.165, 1.54) is 35.7 Å². The summed E-state index contributed by atoms with van der Waals surface area (Å²) in [6.45, 7) is 10.4. The maximum Gasteiger partial charge on any atom is 0.119 e. The van der Waals surface area contributed by atoms with E-state index in [1.807, 2.05) is 0 Å². The summed E-state index contributed by atoms with van der Waals surface area (Å²) in [6, 6.07) is 0. The molecule has 0 aliphatic carbocycles. The summed E-state index contributed by atoms with van der Waals surface area (Å²) in [5.74, 6) is 0. The molecule has 0 saturated carbocycles. The lowest BCUT2D eigenvalue weighted by molar-refractivity contribution is 0.309. The van der Waals surface area contributed by atoms with E-state index in [-0.39, 0.29) is 0 Å². The standard InChI is InChI=1S/C9H13O2S2/c1-4-7(10)12-9(6-3)13-8(11)5-2/h4-8,10-11H,1-3H2. The minimum atomic E-state index is -0.669. The summed E-state index contributed by atoms with van der Waals surface area (Å²) >= 11 is 2.36. The first-order valence-electron chi connectivity index (χ1n) is 3.58. The highest BCUT2D eigenvalue weighted by Crippen LogP contribution is 2.37. The molecule has 0 saturated heterocycles. The summed E-state index contributed by atoms with van der Waals surface area (Å²) in [5.41, 5.74) is -1.34. The van der Waals surface area contributed by atoms with E-state index >= 15 is 0 Å². The van der Waals surface area contributed by atoms with Gasteiger partial charge < -0.3 is 10.2 Å². The van der Waals surface area contributed by atoms with E-state index in [9.17, 15) is 10.2 Å². The Balaban J connectivity index is 3.95. The molecule has 2 nitrogen and oxygen atoms in total. The lowest BCUT2D eigenvalue weighted by atomic mass is 10.7. The van der Waals surface area contributed by atoms with E-state index < -0.39 is 10.9 Å². The first-order chi connectivity index (χ1) is 6.13. The van der Waals surface area contributed by atoms with Crippen molar-refractivity contribution in [2.24, 2.45) is 0 Å². The largest absolute Gasteiger partial charge is 0.379 e. The van der Waals surface area contributed by atoms with Crippen LogP contribution >= 0.6 is 23.5 Å². The molecule has 1 radical (unpaired) electrons. The molecule has 0 aliphatic heterocycles. The second kappa shape index (κ2) is 7.26. The van der Waals surface area contributed by atoms with Crippen LogP contribution in [0.2, 0.25) is 0 Å². The Morgan fingerprint density at radius 1 is 1.00 bits per heavy atom. The number of rotatable bonds is 7. The Morgan fingerprint density at radius 2 is 1.38 bits per heavy atom. The van der Waals surface area contributed by atoms with Crippen molar-refractivity contribution >= 4 is 23.5 Å². The highest BCUT2D eigenvalue weighted by atomic mass is 32.2. The van der Waals surface area contributed by atoms with Gasteiger partial charge in [-0.2, -0.15) is 0 Å². The van der Waals surface area contributed by atoms with Crippen LogP contribution in [-0.4, -0.2) is 21.1 Å². The van der Waals surface area contributed by atoms with Crippen molar-refractivity contribution in [1.82, 2.24) is 0 Å². The van der Waals surface area contributed by atoms with Gasteiger partial charge in [-0.3, -0.25) is 0 Å². The summed E-state index contributed by atoms with van der Waals surface area (Å²) in [4.78, 5) is 0. The van der Waals surface area contributed by atoms with Crippen molar-refractivity contribution in [2.45, 2.75) is 10.9 Å². The Labute approximate surface area is 87.4 Å². The van der Waals surface area contributed by atoms with Gasteiger partial charge in [0.1, 0.15) is 15.5 Å². The average molecular weight is 217 g/mol. The summed E-state index contributed by atoms with van der Waals surface area (Å²) < 4.78 is 0.736. The molecule has 0 bridgehead atoms. The zero-order valence-electron chi connectivity index (χ0n) is 7.22. The van der Waals surface area contributed by atoms with Crippen LogP contribution in [0.3, 0.4) is 0 Å². The number of aliphatic hydroxyl groups is 2. The number of aliphatic hydroxyl groups excluding tert-OH is 2. The van der Waals surface area contributed by atoms with Gasteiger partial charge in [-0.1, -0.05) is 31.4 Å². The maximum absolute atomic E-state index is 9.20. The lowest BCUT2D eigenvalue weighted by Gasteiger charge is -2.14. The second-order valence-electron chi connectivity index (χ2n) is 2.01. The van der Waals surface area contributed by atoms with Crippen LogP contribution in [0, 0.1) is 4.58 Å². The SMILES string of the molecule is C=C[C](SC(O)C=C)SC(O)C=C. The van der Waals surface area contributed by atoms with Gasteiger partial charge in [0.2, 0.25) is 0 Å². The van der Waals surface area contributed by atoms with Crippen molar-refractivity contribution in [1.29, 1.82) is 0 Å². The molecule has 2 N–H and O–H groups in total. The van der Waals surface area contributed by atoms with Crippen LogP contribution in [0.5, 0.6) is 0 Å². The lowest BCUT2D eigenvalue weighted by Crippen LogP contribution is -2.01. The molecule has 0 rings (SSSR count). The van der Waals surface area contributed by atoms with Crippen molar-refractivity contribution < 1.29 is 10.2 Å². The van der Waals surface area contributed by atoms with Crippen molar-refractivity contribution in [3.05, 3.63) is 42.5 Å². The molecule has 0 aliphatic rings. The van der Waals surface area contributed by atoms with Gasteiger partial charge in [-0.25, -0.2) is 0 Å². The van der Waals surface area contributed by atoms with Crippen LogP contribution in [-0.2, 0) is 0 Å². The normalized spacial score (nSPS) is 15.0. The van der Waals surface area contributed by atoms with Crippen LogP contribution in [0.15, 0.2) is 38.0 Å². The zero-order chi connectivity index (χ0) is 10.3. The molecule has 2 unspecified atom stereocenters. The summed E-state index contributed by atoms with van der Waals surface area (Å²) in [7, 11) is 0. The van der Waals surface area contributed by atoms with Gasteiger partial charge in [-0.15, -0.1) is 30.1 Å². The van der Waals surface area contributed by atoms with Gasteiger partial charge in [0, 0.05) is 0 Å². The molecule has 0 amide bonds. The van der Waals surface area contributed by atoms with Crippen molar-refractivity contribution in [3.8, 4) is 0 Å². The minimum Gasteiger partial charge on any atom is -0.379 e. The molecular weight excluding hydrogens is 204 g/mol. The Kier molecular flexibility index (Phi) is 7.17. The fraction of sp³-hybridized carbons (Fsp3) is 0.222. The monoisotopic (exact) mass is 217 g/mol. The fourth-order valence-electron chi connectivity index (χ4n) is 0.458.